The predicted molar refractivity (Wildman–Crippen MR) is 70.4 cm³/mol. The summed E-state index contributed by atoms with van der Waals surface area (Å²) in [5, 5.41) is 0.786. The zero-order chi connectivity index (χ0) is 12.3. The molecule has 0 aromatic carbocycles. The smallest absolute Gasteiger partial charge is 0.191 e. The number of morpholine rings is 1. The molecule has 2 heterocycles. The van der Waals surface area contributed by atoms with E-state index >= 15 is 0 Å². The third-order valence-corrected chi connectivity index (χ3v) is 3.25. The molecule has 0 atom stereocenters. The van der Waals surface area contributed by atoms with Gasteiger partial charge in [0.15, 0.2) is 5.78 Å². The van der Waals surface area contributed by atoms with Gasteiger partial charge in [0, 0.05) is 18.1 Å². The lowest BCUT2D eigenvalue weighted by molar-refractivity contribution is 0.101. The summed E-state index contributed by atoms with van der Waals surface area (Å²) in [6.45, 7) is 2.90. The molecule has 0 unspecified atom stereocenters. The zero-order valence-corrected chi connectivity index (χ0v) is 11.5. The summed E-state index contributed by atoms with van der Waals surface area (Å²) in [6, 6.07) is 3.37. The summed E-state index contributed by atoms with van der Waals surface area (Å²) in [5.74, 6) is 0.673. The van der Waals surface area contributed by atoms with Crippen molar-refractivity contribution in [3.05, 3.63) is 22.8 Å². The van der Waals surface area contributed by atoms with E-state index in [1.54, 1.807) is 12.1 Å². The highest BCUT2D eigenvalue weighted by Gasteiger charge is 2.15. The van der Waals surface area contributed by atoms with Crippen molar-refractivity contribution >= 4 is 39.1 Å². The molecule has 1 aliphatic rings. The Hall–Kier alpha value is -0.650. The maximum Gasteiger partial charge on any atom is 0.191 e. The van der Waals surface area contributed by atoms with Gasteiger partial charge in [-0.25, -0.2) is 4.98 Å². The van der Waals surface area contributed by atoms with Crippen molar-refractivity contribution in [1.29, 1.82) is 0 Å². The molecule has 6 heteroatoms. The minimum Gasteiger partial charge on any atom is -0.378 e. The third-order valence-electron chi connectivity index (χ3n) is 2.52. The summed E-state index contributed by atoms with van der Waals surface area (Å²) >= 11 is 9.14. The van der Waals surface area contributed by atoms with Gasteiger partial charge in [-0.15, -0.1) is 0 Å². The molecule has 2 rings (SSSR count). The normalized spacial score (nSPS) is 16.0. The Kier molecular flexibility index (Phi) is 4.36. The van der Waals surface area contributed by atoms with E-state index in [9.17, 15) is 4.79 Å². The highest BCUT2D eigenvalue weighted by atomic mass is 79.9. The van der Waals surface area contributed by atoms with E-state index in [0.717, 1.165) is 18.9 Å². The maximum atomic E-state index is 11.6. The van der Waals surface area contributed by atoms with Crippen molar-refractivity contribution in [2.75, 3.05) is 36.5 Å². The number of alkyl halides is 1. The number of aromatic nitrogens is 1. The van der Waals surface area contributed by atoms with Gasteiger partial charge < -0.3 is 9.64 Å². The summed E-state index contributed by atoms with van der Waals surface area (Å²) in [4.78, 5) is 18.0. The van der Waals surface area contributed by atoms with Gasteiger partial charge in [-0.3, -0.25) is 4.79 Å². The highest BCUT2D eigenvalue weighted by molar-refractivity contribution is 9.09. The van der Waals surface area contributed by atoms with Crippen LogP contribution in [0.1, 0.15) is 10.5 Å². The Bertz CT molecular complexity index is 422. The molecule has 0 saturated carbocycles. The first-order valence-corrected chi connectivity index (χ1v) is 6.80. The SMILES string of the molecule is O=C(CBr)c1cc(Cl)cc(N2CCOCC2)n1. The van der Waals surface area contributed by atoms with Crippen LogP contribution >= 0.6 is 27.5 Å². The molecule has 0 radical (unpaired) electrons. The largest absolute Gasteiger partial charge is 0.378 e. The summed E-state index contributed by atoms with van der Waals surface area (Å²) in [6.07, 6.45) is 0. The second-order valence-electron chi connectivity index (χ2n) is 3.69. The maximum absolute atomic E-state index is 11.6. The van der Waals surface area contributed by atoms with E-state index in [1.165, 1.54) is 0 Å². The number of Topliss-reactive ketones (excluding diaryl/α,β-unsaturated/α-hetero) is 1. The number of ether oxygens (including phenoxy) is 1. The van der Waals surface area contributed by atoms with Gasteiger partial charge in [-0.05, 0) is 12.1 Å². The minimum atomic E-state index is -0.0676. The van der Waals surface area contributed by atoms with Crippen molar-refractivity contribution < 1.29 is 9.53 Å². The van der Waals surface area contributed by atoms with Crippen molar-refractivity contribution in [2.45, 2.75) is 0 Å². The molecule has 1 aliphatic heterocycles. The minimum absolute atomic E-state index is 0.0676. The molecule has 0 aliphatic carbocycles. The molecule has 4 nitrogen and oxygen atoms in total. The van der Waals surface area contributed by atoms with E-state index in [0.29, 0.717) is 23.9 Å². The molecule has 17 heavy (non-hydrogen) atoms. The van der Waals surface area contributed by atoms with Crippen molar-refractivity contribution in [3.63, 3.8) is 0 Å². The highest BCUT2D eigenvalue weighted by Crippen LogP contribution is 2.20. The Morgan fingerprint density at radius 2 is 2.18 bits per heavy atom. The molecule has 1 aromatic heterocycles. The number of halogens is 2. The number of anilines is 1. The number of carbonyl (C=O) groups is 1. The van der Waals surface area contributed by atoms with Crippen LogP contribution in [-0.4, -0.2) is 42.4 Å². The second kappa shape index (κ2) is 5.80. The predicted octanol–water partition coefficient (Wildman–Crippen LogP) is 2.15. The average molecular weight is 320 g/mol. The van der Waals surface area contributed by atoms with Crippen LogP contribution in [0.4, 0.5) is 5.82 Å². The van der Waals surface area contributed by atoms with Crippen LogP contribution in [0, 0.1) is 0 Å². The summed E-state index contributed by atoms with van der Waals surface area (Å²) < 4.78 is 5.27. The molecular formula is C11H12BrClN2O2. The lowest BCUT2D eigenvalue weighted by Crippen LogP contribution is -2.37. The number of hydrogen-bond acceptors (Lipinski definition) is 4. The van der Waals surface area contributed by atoms with Crippen LogP contribution in [0.3, 0.4) is 0 Å². The number of hydrogen-bond donors (Lipinski definition) is 0. The molecule has 0 spiro atoms. The van der Waals surface area contributed by atoms with E-state index in [-0.39, 0.29) is 11.1 Å². The number of carbonyl (C=O) groups excluding carboxylic acids is 1. The molecule has 0 amide bonds. The standard InChI is InChI=1S/C11H12BrClN2O2/c12-7-10(16)9-5-8(13)6-11(14-9)15-1-3-17-4-2-15/h5-6H,1-4,7H2. The van der Waals surface area contributed by atoms with E-state index in [1.807, 2.05) is 0 Å². The van der Waals surface area contributed by atoms with E-state index in [2.05, 4.69) is 25.8 Å². The van der Waals surface area contributed by atoms with Crippen molar-refractivity contribution in [1.82, 2.24) is 4.98 Å². The first-order valence-electron chi connectivity index (χ1n) is 5.30. The quantitative estimate of drug-likeness (QED) is 0.632. The van der Waals surface area contributed by atoms with E-state index in [4.69, 9.17) is 16.3 Å². The number of nitrogens with zero attached hydrogens (tertiary/aromatic N) is 2. The molecule has 0 N–H and O–H groups in total. The first-order chi connectivity index (χ1) is 8.20. The fraction of sp³-hybridized carbons (Fsp3) is 0.455. The zero-order valence-electron chi connectivity index (χ0n) is 9.16. The Morgan fingerprint density at radius 3 is 2.82 bits per heavy atom. The molecule has 1 aromatic rings. The van der Waals surface area contributed by atoms with Gasteiger partial charge in [0.1, 0.15) is 11.5 Å². The molecule has 1 fully saturated rings. The summed E-state index contributed by atoms with van der Waals surface area (Å²) in [5.41, 5.74) is 0.399. The van der Waals surface area contributed by atoms with Crippen LogP contribution in [0.5, 0.6) is 0 Å². The average Bonchev–Trinajstić information content (AvgIpc) is 2.38. The third kappa shape index (κ3) is 3.18. The number of rotatable bonds is 3. The van der Waals surface area contributed by atoms with Gasteiger partial charge >= 0.3 is 0 Å². The topological polar surface area (TPSA) is 42.4 Å². The van der Waals surface area contributed by atoms with Crippen LogP contribution in [-0.2, 0) is 4.74 Å². The fourth-order valence-electron chi connectivity index (χ4n) is 1.65. The molecular weight excluding hydrogens is 307 g/mol. The lowest BCUT2D eigenvalue weighted by atomic mass is 10.2. The summed E-state index contributed by atoms with van der Waals surface area (Å²) in [7, 11) is 0. The van der Waals surface area contributed by atoms with Gasteiger partial charge in [0.05, 0.1) is 18.5 Å². The van der Waals surface area contributed by atoms with Gasteiger partial charge in [0.2, 0.25) is 0 Å². The monoisotopic (exact) mass is 318 g/mol. The molecule has 0 bridgehead atoms. The van der Waals surface area contributed by atoms with Crippen molar-refractivity contribution in [3.8, 4) is 0 Å². The molecule has 1 saturated heterocycles. The molecule has 92 valence electrons. The Labute approximate surface area is 113 Å². The van der Waals surface area contributed by atoms with E-state index < -0.39 is 0 Å². The van der Waals surface area contributed by atoms with Crippen LogP contribution in [0.25, 0.3) is 0 Å². The van der Waals surface area contributed by atoms with Crippen LogP contribution in [0.15, 0.2) is 12.1 Å². The number of ketones is 1. The van der Waals surface area contributed by atoms with Crippen molar-refractivity contribution in [2.24, 2.45) is 0 Å². The van der Waals surface area contributed by atoms with Crippen LogP contribution < -0.4 is 4.90 Å². The first kappa shape index (κ1) is 12.8. The lowest BCUT2D eigenvalue weighted by Gasteiger charge is -2.28. The fourth-order valence-corrected chi connectivity index (χ4v) is 2.14. The second-order valence-corrected chi connectivity index (χ2v) is 4.68. The van der Waals surface area contributed by atoms with Gasteiger partial charge in [0.25, 0.3) is 0 Å². The van der Waals surface area contributed by atoms with Crippen LogP contribution in [0.2, 0.25) is 5.02 Å². The number of pyridine rings is 1. The van der Waals surface area contributed by atoms with Gasteiger partial charge in [-0.2, -0.15) is 0 Å². The Morgan fingerprint density at radius 1 is 1.47 bits per heavy atom. The Balaban J connectivity index is 2.27. The van der Waals surface area contributed by atoms with Gasteiger partial charge in [-0.1, -0.05) is 27.5 Å².